The van der Waals surface area contributed by atoms with E-state index in [1.54, 1.807) is 35.6 Å². The number of hydrogen-bond donors (Lipinski definition) is 2. The zero-order chi connectivity index (χ0) is 21.3. The van der Waals surface area contributed by atoms with E-state index in [0.29, 0.717) is 17.9 Å². The number of benzene rings is 2. The Balaban J connectivity index is 1.49. The highest BCUT2D eigenvalue weighted by atomic mass is 32.1. The lowest BCUT2D eigenvalue weighted by atomic mass is 10.1. The number of halogens is 1. The molecular formula is C23H21FN4OS. The molecule has 2 aromatic carbocycles. The maximum atomic E-state index is 13.9. The van der Waals surface area contributed by atoms with E-state index < -0.39 is 5.91 Å². The number of nitrogens with two attached hydrogens (primary N) is 1. The van der Waals surface area contributed by atoms with Crippen molar-refractivity contribution < 1.29 is 9.18 Å². The Morgan fingerprint density at radius 2 is 1.90 bits per heavy atom. The third-order valence-electron chi connectivity index (χ3n) is 5.06. The van der Waals surface area contributed by atoms with Crippen molar-refractivity contribution in [3.63, 3.8) is 0 Å². The van der Waals surface area contributed by atoms with E-state index in [9.17, 15) is 9.18 Å². The summed E-state index contributed by atoms with van der Waals surface area (Å²) in [7, 11) is 0. The van der Waals surface area contributed by atoms with Gasteiger partial charge in [0.2, 0.25) is 5.91 Å². The average Bonchev–Trinajstić information content (AvgIpc) is 3.04. The average molecular weight is 421 g/mol. The van der Waals surface area contributed by atoms with E-state index in [2.05, 4.69) is 22.2 Å². The van der Waals surface area contributed by atoms with Gasteiger partial charge in [0.05, 0.1) is 5.69 Å². The van der Waals surface area contributed by atoms with Gasteiger partial charge < -0.3 is 11.1 Å². The number of nitrogens with zero attached hydrogens (tertiary/aromatic N) is 2. The molecule has 3 N–H and O–H groups in total. The SMILES string of the molecule is Cc1sc2c(C)cc(F)cc2c1CCNc1cc(-c2ccc(C(N)=O)cc2)ncn1. The van der Waals surface area contributed by atoms with Crippen LogP contribution < -0.4 is 11.1 Å². The van der Waals surface area contributed by atoms with E-state index >= 15 is 0 Å². The molecule has 0 radical (unpaired) electrons. The third kappa shape index (κ3) is 4.02. The molecule has 2 heterocycles. The number of primary amides is 1. The number of hydrogen-bond acceptors (Lipinski definition) is 5. The molecule has 5 nitrogen and oxygen atoms in total. The van der Waals surface area contributed by atoms with Crippen LogP contribution in [0.5, 0.6) is 0 Å². The van der Waals surface area contributed by atoms with Crippen LogP contribution in [0.4, 0.5) is 10.2 Å². The summed E-state index contributed by atoms with van der Waals surface area (Å²) < 4.78 is 15.0. The minimum Gasteiger partial charge on any atom is -0.370 e. The van der Waals surface area contributed by atoms with E-state index in [1.807, 2.05) is 25.1 Å². The van der Waals surface area contributed by atoms with Crippen molar-refractivity contribution in [2.75, 3.05) is 11.9 Å². The van der Waals surface area contributed by atoms with E-state index in [1.165, 1.54) is 16.8 Å². The first-order valence-electron chi connectivity index (χ1n) is 9.56. The highest BCUT2D eigenvalue weighted by Gasteiger charge is 2.12. The summed E-state index contributed by atoms with van der Waals surface area (Å²) in [4.78, 5) is 21.0. The van der Waals surface area contributed by atoms with Crippen LogP contribution in [0.1, 0.15) is 26.4 Å². The first kappa shape index (κ1) is 20.0. The van der Waals surface area contributed by atoms with Crippen LogP contribution in [0.25, 0.3) is 21.3 Å². The number of aryl methyl sites for hydroxylation is 2. The second-order valence-corrected chi connectivity index (χ2v) is 8.37. The predicted molar refractivity (Wildman–Crippen MR) is 119 cm³/mol. The van der Waals surface area contributed by atoms with E-state index in [4.69, 9.17) is 5.73 Å². The van der Waals surface area contributed by atoms with Crippen molar-refractivity contribution in [1.29, 1.82) is 0 Å². The zero-order valence-electron chi connectivity index (χ0n) is 16.7. The van der Waals surface area contributed by atoms with Crippen LogP contribution in [-0.4, -0.2) is 22.4 Å². The standard InChI is InChI=1S/C23H21FN4OS/c1-13-9-17(24)10-19-18(14(2)30-22(13)19)7-8-26-21-11-20(27-12-28-21)15-3-5-16(6-4-15)23(25)29/h3-6,9-12H,7-8H2,1-2H3,(H2,25,29)(H,26,27,28). The quantitative estimate of drug-likeness (QED) is 0.466. The molecule has 0 spiro atoms. The number of carbonyl (C=O) groups is 1. The van der Waals surface area contributed by atoms with Crippen molar-refractivity contribution in [3.8, 4) is 11.3 Å². The molecule has 0 bridgehead atoms. The summed E-state index contributed by atoms with van der Waals surface area (Å²) in [5.41, 5.74) is 9.50. The zero-order valence-corrected chi connectivity index (χ0v) is 17.5. The molecule has 0 unspecified atom stereocenters. The molecular weight excluding hydrogens is 399 g/mol. The Morgan fingerprint density at radius 1 is 1.13 bits per heavy atom. The lowest BCUT2D eigenvalue weighted by molar-refractivity contribution is 0.100. The Labute approximate surface area is 177 Å². The van der Waals surface area contributed by atoms with Gasteiger partial charge in [0, 0.05) is 33.3 Å². The molecule has 30 heavy (non-hydrogen) atoms. The second-order valence-electron chi connectivity index (χ2n) is 7.14. The van der Waals surface area contributed by atoms with Crippen LogP contribution in [0, 0.1) is 19.7 Å². The molecule has 152 valence electrons. The van der Waals surface area contributed by atoms with Gasteiger partial charge >= 0.3 is 0 Å². The number of fused-ring (bicyclic) bond motifs is 1. The van der Waals surface area contributed by atoms with Gasteiger partial charge in [0.25, 0.3) is 0 Å². The highest BCUT2D eigenvalue weighted by molar-refractivity contribution is 7.19. The maximum Gasteiger partial charge on any atom is 0.248 e. The molecule has 0 saturated heterocycles. The molecule has 0 aliphatic rings. The monoisotopic (exact) mass is 420 g/mol. The number of thiophene rings is 1. The minimum absolute atomic E-state index is 0.199. The van der Waals surface area contributed by atoms with Crippen LogP contribution in [-0.2, 0) is 6.42 Å². The lowest BCUT2D eigenvalue weighted by Crippen LogP contribution is -2.10. The summed E-state index contributed by atoms with van der Waals surface area (Å²) in [5, 5.41) is 4.32. The summed E-state index contributed by atoms with van der Waals surface area (Å²) in [6.45, 7) is 4.69. The molecule has 0 aliphatic carbocycles. The largest absolute Gasteiger partial charge is 0.370 e. The molecule has 2 aromatic heterocycles. The van der Waals surface area contributed by atoms with Gasteiger partial charge in [-0.05, 0) is 61.0 Å². The van der Waals surface area contributed by atoms with Crippen LogP contribution in [0.15, 0.2) is 48.8 Å². The lowest BCUT2D eigenvalue weighted by Gasteiger charge is -2.08. The summed E-state index contributed by atoms with van der Waals surface area (Å²) in [6.07, 6.45) is 2.27. The van der Waals surface area contributed by atoms with Crippen molar-refractivity contribution in [1.82, 2.24) is 9.97 Å². The van der Waals surface area contributed by atoms with Gasteiger partial charge in [-0.1, -0.05) is 12.1 Å². The second kappa shape index (κ2) is 8.20. The fraction of sp³-hybridized carbons (Fsp3) is 0.174. The predicted octanol–water partition coefficient (Wildman–Crippen LogP) is 4.87. The van der Waals surface area contributed by atoms with Crippen molar-refractivity contribution in [2.24, 2.45) is 5.73 Å². The summed E-state index contributed by atoms with van der Waals surface area (Å²) in [5.74, 6) is 0.0475. The smallest absolute Gasteiger partial charge is 0.248 e. The van der Waals surface area contributed by atoms with Crippen LogP contribution >= 0.6 is 11.3 Å². The Kier molecular flexibility index (Phi) is 5.46. The van der Waals surface area contributed by atoms with Gasteiger partial charge in [0.1, 0.15) is 18.0 Å². The van der Waals surface area contributed by atoms with Crippen molar-refractivity contribution >= 4 is 33.1 Å². The van der Waals surface area contributed by atoms with Crippen LogP contribution in [0.3, 0.4) is 0 Å². The third-order valence-corrected chi connectivity index (χ3v) is 6.36. The minimum atomic E-state index is -0.460. The molecule has 1 amide bonds. The molecule has 7 heteroatoms. The van der Waals surface area contributed by atoms with Crippen LogP contribution in [0.2, 0.25) is 0 Å². The Morgan fingerprint density at radius 3 is 2.63 bits per heavy atom. The normalized spacial score (nSPS) is 11.0. The highest BCUT2D eigenvalue weighted by Crippen LogP contribution is 2.34. The van der Waals surface area contributed by atoms with Gasteiger partial charge in [-0.25, -0.2) is 14.4 Å². The fourth-order valence-electron chi connectivity index (χ4n) is 3.54. The molecule has 4 rings (SSSR count). The summed E-state index contributed by atoms with van der Waals surface area (Å²) >= 11 is 1.71. The number of carbonyl (C=O) groups excluding carboxylic acids is 1. The first-order valence-corrected chi connectivity index (χ1v) is 10.4. The molecule has 4 aromatic rings. The van der Waals surface area contributed by atoms with Gasteiger partial charge in [-0.2, -0.15) is 0 Å². The Bertz CT molecular complexity index is 1230. The number of rotatable bonds is 6. The number of aromatic nitrogens is 2. The molecule has 0 atom stereocenters. The number of anilines is 1. The van der Waals surface area contributed by atoms with E-state index in [-0.39, 0.29) is 5.82 Å². The topological polar surface area (TPSA) is 80.9 Å². The van der Waals surface area contributed by atoms with Gasteiger partial charge in [0.15, 0.2) is 0 Å². The van der Waals surface area contributed by atoms with Crippen molar-refractivity contribution in [2.45, 2.75) is 20.3 Å². The fourth-order valence-corrected chi connectivity index (χ4v) is 4.69. The number of nitrogens with one attached hydrogen (secondary N) is 1. The number of amides is 1. The van der Waals surface area contributed by atoms with Gasteiger partial charge in [-0.3, -0.25) is 4.79 Å². The van der Waals surface area contributed by atoms with Crippen molar-refractivity contribution in [3.05, 3.63) is 76.2 Å². The first-order chi connectivity index (χ1) is 14.4. The maximum absolute atomic E-state index is 13.9. The molecule has 0 saturated carbocycles. The molecule has 0 fully saturated rings. The van der Waals surface area contributed by atoms with E-state index in [0.717, 1.165) is 33.3 Å². The van der Waals surface area contributed by atoms with Gasteiger partial charge in [-0.15, -0.1) is 11.3 Å². The Hall–Kier alpha value is -3.32. The summed E-state index contributed by atoms with van der Waals surface area (Å²) in [6, 6.07) is 12.0. The molecule has 0 aliphatic heterocycles.